The van der Waals surface area contributed by atoms with Crippen molar-refractivity contribution in [2.24, 2.45) is 0 Å². The quantitative estimate of drug-likeness (QED) is 0.0822. The van der Waals surface area contributed by atoms with Gasteiger partial charge in [0, 0.05) is 24.3 Å². The van der Waals surface area contributed by atoms with E-state index >= 15 is 0 Å². The van der Waals surface area contributed by atoms with Gasteiger partial charge in [-0.3, -0.25) is 9.59 Å². The molecule has 0 aliphatic carbocycles. The summed E-state index contributed by atoms with van der Waals surface area (Å²) in [6, 6.07) is 3.02. The molecule has 4 rings (SSSR count). The molecule has 1 amide bonds. The maximum atomic E-state index is 12.1. The number of alkyl halides is 3. The highest BCUT2D eigenvalue weighted by Crippen LogP contribution is 2.18. The van der Waals surface area contributed by atoms with Crippen molar-refractivity contribution < 1.29 is 75.8 Å². The molecule has 0 aromatic carbocycles. The second-order valence-electron chi connectivity index (χ2n) is 10.6. The van der Waals surface area contributed by atoms with Gasteiger partial charge in [-0.15, -0.1) is 0 Å². The van der Waals surface area contributed by atoms with Gasteiger partial charge in [0.1, 0.15) is 29.6 Å². The minimum absolute atomic E-state index is 0. The molecule has 0 radical (unpaired) electrons. The monoisotopic (exact) mass is 752 g/mol. The smallest absolute Gasteiger partial charge is 0.471 e. The lowest BCUT2D eigenvalue weighted by Crippen LogP contribution is -2.49. The van der Waals surface area contributed by atoms with Crippen LogP contribution in [0.4, 0.5) is 13.2 Å². The van der Waals surface area contributed by atoms with Crippen LogP contribution in [0.5, 0.6) is 0 Å². The van der Waals surface area contributed by atoms with Gasteiger partial charge < -0.3 is 59.2 Å². The molecule has 52 heavy (non-hydrogen) atoms. The van der Waals surface area contributed by atoms with E-state index in [4.69, 9.17) is 33.9 Å². The Morgan fingerprint density at radius 1 is 0.885 bits per heavy atom. The predicted octanol–water partition coefficient (Wildman–Crippen LogP) is 4.44. The van der Waals surface area contributed by atoms with Crippen LogP contribution in [0, 0.1) is 0 Å². The van der Waals surface area contributed by atoms with Crippen molar-refractivity contribution in [2.75, 3.05) is 13.2 Å². The van der Waals surface area contributed by atoms with Crippen LogP contribution in [0.3, 0.4) is 0 Å². The van der Waals surface area contributed by atoms with E-state index < -0.39 is 73.9 Å². The lowest BCUT2D eigenvalue weighted by atomic mass is 9.87. The highest BCUT2D eigenvalue weighted by Gasteiger charge is 2.41. The van der Waals surface area contributed by atoms with Gasteiger partial charge in [-0.1, -0.05) is 29.7 Å². The van der Waals surface area contributed by atoms with E-state index in [1.54, 1.807) is 26.8 Å². The summed E-state index contributed by atoms with van der Waals surface area (Å²) in [4.78, 5) is 60.3. The largest absolute Gasteiger partial charge is 0.480 e. The Morgan fingerprint density at radius 2 is 1.37 bits per heavy atom. The van der Waals surface area contributed by atoms with Gasteiger partial charge in [-0.2, -0.15) is 13.2 Å². The van der Waals surface area contributed by atoms with E-state index in [2.05, 4.69) is 19.9 Å². The molecule has 0 aliphatic rings. The van der Waals surface area contributed by atoms with Crippen molar-refractivity contribution in [2.45, 2.75) is 81.2 Å². The molecule has 4 heterocycles. The maximum absolute atomic E-state index is 12.1. The maximum Gasteiger partial charge on any atom is 0.471 e. The molecule has 0 aliphatic heterocycles. The number of rotatable bonds is 10. The number of nitrogens with one attached hydrogen (secondary N) is 4. The van der Waals surface area contributed by atoms with Crippen molar-refractivity contribution in [3.8, 4) is 0 Å². The minimum Gasteiger partial charge on any atom is -0.480 e. The number of aromatic carboxylic acids is 1. The number of aliphatic hydroxyl groups is 1. The number of ether oxygens (including phenoxy) is 2. The highest BCUT2D eigenvalue weighted by molar-refractivity contribution is 6.46. The first kappa shape index (κ1) is 51.1. The standard InChI is InChI=1S/C12H9F3N2O6.C8H18BNO4.C7H5NO3.4CH4/c13-12(14,15)11(21)17-7(9(18)19)4-23-10(20)6-3-8-5(16-6)1-2-22-8;1-8(2,3)14-7(12)6(5-11)10-9(4)13;9-7(10)5-3-6-4(8-5)1-2-11-6;;;;/h1-3,7,16H,4H2,(H,17,21)(H,18,19);6,10-11,13H,5H2,1-4H3;1-3,8H,(H,9,10);4*1H4. The number of hydrogen-bond acceptors (Lipinski definition) is 12. The third kappa shape index (κ3) is 16.2. The average molecular weight is 753 g/mol. The zero-order valence-corrected chi connectivity index (χ0v) is 25.7. The Labute approximate surface area is 298 Å². The van der Waals surface area contributed by atoms with E-state index in [-0.39, 0.29) is 41.1 Å². The van der Waals surface area contributed by atoms with Crippen LogP contribution < -0.4 is 10.5 Å². The lowest BCUT2D eigenvalue weighted by Gasteiger charge is -2.23. The van der Waals surface area contributed by atoms with Crippen molar-refractivity contribution >= 4 is 59.0 Å². The second-order valence-corrected chi connectivity index (χ2v) is 10.6. The van der Waals surface area contributed by atoms with E-state index in [9.17, 15) is 37.1 Å². The number of aliphatic carboxylic acids is 1. The molecule has 0 saturated heterocycles. The van der Waals surface area contributed by atoms with Gasteiger partial charge in [-0.05, 0) is 27.6 Å². The summed E-state index contributed by atoms with van der Waals surface area (Å²) in [5.41, 5.74) is 1.59. The van der Waals surface area contributed by atoms with Crippen LogP contribution in [0.15, 0.2) is 45.6 Å². The van der Waals surface area contributed by atoms with Gasteiger partial charge in [0.2, 0.25) is 0 Å². The normalized spacial score (nSPS) is 11.6. The van der Waals surface area contributed by atoms with Gasteiger partial charge >= 0.3 is 43.0 Å². The zero-order valence-electron chi connectivity index (χ0n) is 25.7. The Morgan fingerprint density at radius 3 is 1.75 bits per heavy atom. The van der Waals surface area contributed by atoms with Crippen LogP contribution >= 0.6 is 0 Å². The summed E-state index contributed by atoms with van der Waals surface area (Å²) in [5.74, 6) is -6.78. The molecular weight excluding hydrogens is 704 g/mol. The van der Waals surface area contributed by atoms with Gasteiger partial charge in [0.05, 0.1) is 30.2 Å². The number of carboxylic acid groups (broad SMARTS) is 2. The lowest BCUT2D eigenvalue weighted by molar-refractivity contribution is -0.175. The summed E-state index contributed by atoms with van der Waals surface area (Å²) in [6.45, 7) is 5.30. The number of hydrogen-bond donors (Lipinski definition) is 8. The number of halogens is 3. The number of H-pyrrole nitrogens is 2. The molecule has 0 fully saturated rings. The fraction of sp³-hybridized carbons (Fsp3) is 0.452. The second kappa shape index (κ2) is 21.8. The summed E-state index contributed by atoms with van der Waals surface area (Å²) < 4.78 is 55.8. The van der Waals surface area contributed by atoms with Gasteiger partial charge in [-0.25, -0.2) is 14.4 Å². The number of aliphatic hydroxyl groups excluding tert-OH is 1. The number of amides is 1. The number of esters is 2. The van der Waals surface area contributed by atoms with Crippen molar-refractivity contribution in [3.63, 3.8) is 0 Å². The molecule has 8 N–H and O–H groups in total. The van der Waals surface area contributed by atoms with E-state index in [1.807, 2.05) is 0 Å². The summed E-state index contributed by atoms with van der Waals surface area (Å²) in [5, 5.41) is 38.8. The number of carbonyl (C=O) groups is 5. The molecule has 2 unspecified atom stereocenters. The average Bonchev–Trinajstić information content (AvgIpc) is 3.74. The molecule has 4 aromatic heterocycles. The first-order valence-corrected chi connectivity index (χ1v) is 13.6. The first-order chi connectivity index (χ1) is 22.2. The van der Waals surface area contributed by atoms with Crippen LogP contribution in [0.25, 0.3) is 22.2 Å². The van der Waals surface area contributed by atoms with Crippen LogP contribution in [-0.4, -0.2) is 104 Å². The Balaban J connectivity index is -0.000000717. The Hall–Kier alpha value is -5.28. The highest BCUT2D eigenvalue weighted by atomic mass is 19.4. The topological polar surface area (TPSA) is 267 Å². The van der Waals surface area contributed by atoms with Crippen LogP contribution in [0.2, 0.25) is 6.82 Å². The molecule has 2 atom stereocenters. The SMILES string of the molecule is C.C.C.C.CB(O)NC(CO)C(=O)OC(C)(C)C.O=C(O)c1cc2occc2[nH]1.O=C(OCC(NC(=O)C(F)(F)F)C(=O)O)c1cc2occc2[nH]1. The zero-order chi connectivity index (χ0) is 36.4. The van der Waals surface area contributed by atoms with Gasteiger partial charge in [0.15, 0.2) is 17.2 Å². The number of aromatic amines is 2. The third-order valence-electron chi connectivity index (χ3n) is 5.49. The molecular formula is C31H48BF3N4O13. The van der Waals surface area contributed by atoms with Crippen molar-refractivity contribution in [1.29, 1.82) is 0 Å². The number of aromatic nitrogens is 2. The molecule has 21 heteroatoms. The van der Waals surface area contributed by atoms with E-state index in [0.29, 0.717) is 22.2 Å². The molecule has 294 valence electrons. The summed E-state index contributed by atoms with van der Waals surface area (Å²) >= 11 is 0. The van der Waals surface area contributed by atoms with Gasteiger partial charge in [0.25, 0.3) is 0 Å². The molecule has 4 aromatic rings. The third-order valence-corrected chi connectivity index (χ3v) is 5.49. The summed E-state index contributed by atoms with van der Waals surface area (Å²) in [6.07, 6.45) is -2.38. The Bertz CT molecular complexity index is 1650. The number of furan rings is 2. The van der Waals surface area contributed by atoms with E-state index in [0.717, 1.165) is 0 Å². The molecule has 0 spiro atoms. The van der Waals surface area contributed by atoms with Crippen molar-refractivity contribution in [3.05, 3.63) is 48.2 Å². The van der Waals surface area contributed by atoms with E-state index in [1.165, 1.54) is 42.9 Å². The number of carboxylic acids is 2. The Kier molecular flexibility index (Phi) is 21.5. The molecule has 17 nitrogen and oxygen atoms in total. The summed E-state index contributed by atoms with van der Waals surface area (Å²) in [7, 11) is -0.861. The fourth-order valence-corrected chi connectivity index (χ4v) is 3.43. The molecule has 0 bridgehead atoms. The number of fused-ring (bicyclic) bond motifs is 2. The van der Waals surface area contributed by atoms with Crippen LogP contribution in [-0.2, 0) is 23.9 Å². The first-order valence-electron chi connectivity index (χ1n) is 13.6. The minimum atomic E-state index is -5.25. The van der Waals surface area contributed by atoms with Crippen molar-refractivity contribution in [1.82, 2.24) is 20.5 Å². The predicted molar refractivity (Wildman–Crippen MR) is 185 cm³/mol. The fourth-order valence-electron chi connectivity index (χ4n) is 3.43. The number of carbonyl (C=O) groups excluding carboxylic acids is 3. The van der Waals surface area contributed by atoms with Crippen LogP contribution in [0.1, 0.15) is 71.5 Å². The molecule has 0 saturated carbocycles.